The van der Waals surface area contributed by atoms with Gasteiger partial charge in [0.05, 0.1) is 15.9 Å². The number of hydrogen-bond acceptors (Lipinski definition) is 4. The van der Waals surface area contributed by atoms with Gasteiger partial charge in [-0.15, -0.1) is 11.3 Å². The second kappa shape index (κ2) is 5.64. The number of amides is 1. The van der Waals surface area contributed by atoms with Crippen molar-refractivity contribution in [1.29, 1.82) is 0 Å². The van der Waals surface area contributed by atoms with Gasteiger partial charge in [-0.3, -0.25) is 4.79 Å². The number of aromatic nitrogens is 1. The molecule has 2 aromatic carbocycles. The average molecular weight is 300 g/mol. The summed E-state index contributed by atoms with van der Waals surface area (Å²) >= 11 is 2.96. The van der Waals surface area contributed by atoms with E-state index in [1.165, 1.54) is 11.9 Å². The first-order valence-electron chi connectivity index (χ1n) is 6.13. The van der Waals surface area contributed by atoms with Gasteiger partial charge in [-0.05, 0) is 24.3 Å². The summed E-state index contributed by atoms with van der Waals surface area (Å²) in [6, 6.07) is 17.6. The van der Waals surface area contributed by atoms with Crippen LogP contribution in [0.1, 0.15) is 6.92 Å². The number of rotatable bonds is 3. The van der Waals surface area contributed by atoms with Crippen LogP contribution in [0.25, 0.3) is 10.2 Å². The summed E-state index contributed by atoms with van der Waals surface area (Å²) < 4.78 is 3.66. The minimum atomic E-state index is -0.0135. The Morgan fingerprint density at radius 3 is 2.50 bits per heavy atom. The normalized spacial score (nSPS) is 10.7. The first-order valence-corrected chi connectivity index (χ1v) is 7.72. The molecular formula is C15H12N2OS2. The number of carbonyl (C=O) groups is 1. The predicted molar refractivity (Wildman–Crippen MR) is 85.1 cm³/mol. The van der Waals surface area contributed by atoms with Crippen molar-refractivity contribution in [2.45, 2.75) is 11.3 Å². The van der Waals surface area contributed by atoms with E-state index in [-0.39, 0.29) is 5.91 Å². The number of benzene rings is 2. The maximum atomic E-state index is 11.8. The number of anilines is 1. The Morgan fingerprint density at radius 2 is 1.80 bits per heavy atom. The summed E-state index contributed by atoms with van der Waals surface area (Å²) in [6.45, 7) is 1.56. The minimum absolute atomic E-state index is 0.0135. The monoisotopic (exact) mass is 300 g/mol. The summed E-state index contributed by atoms with van der Waals surface area (Å²) in [5.74, 6) is -0.0135. The molecule has 1 aromatic heterocycles. The Hall–Kier alpha value is -1.85. The lowest BCUT2D eigenvalue weighted by molar-refractivity contribution is -0.115. The fraction of sp³-hybridized carbons (Fsp3) is 0.0667. The van der Waals surface area contributed by atoms with Crippen LogP contribution in [0.4, 0.5) is 5.69 Å². The van der Waals surface area contributed by atoms with Crippen LogP contribution in [0.5, 0.6) is 0 Å². The van der Waals surface area contributed by atoms with E-state index in [9.17, 15) is 4.79 Å². The van der Waals surface area contributed by atoms with E-state index in [0.29, 0.717) is 0 Å². The lowest BCUT2D eigenvalue weighted by Gasteiger charge is -2.17. The average Bonchev–Trinajstić information content (AvgIpc) is 2.88. The van der Waals surface area contributed by atoms with Crippen molar-refractivity contribution < 1.29 is 4.79 Å². The van der Waals surface area contributed by atoms with E-state index in [2.05, 4.69) is 4.98 Å². The van der Waals surface area contributed by atoms with Crippen LogP contribution in [0.3, 0.4) is 0 Å². The van der Waals surface area contributed by atoms with E-state index >= 15 is 0 Å². The Morgan fingerprint density at radius 1 is 1.10 bits per heavy atom. The van der Waals surface area contributed by atoms with Gasteiger partial charge < -0.3 is 0 Å². The fourth-order valence-corrected chi connectivity index (χ4v) is 3.82. The van der Waals surface area contributed by atoms with E-state index in [1.54, 1.807) is 22.6 Å². The lowest BCUT2D eigenvalue weighted by atomic mass is 10.3. The maximum absolute atomic E-state index is 11.8. The highest BCUT2D eigenvalue weighted by Gasteiger charge is 2.15. The number of thiazole rings is 1. The van der Waals surface area contributed by atoms with Gasteiger partial charge in [-0.2, -0.15) is 0 Å². The molecular weight excluding hydrogens is 288 g/mol. The smallest absolute Gasteiger partial charge is 0.234 e. The number of hydrogen-bond donors (Lipinski definition) is 0. The SMILES string of the molecule is CC(=O)N(Sc1nc2ccccc2s1)c1ccccc1. The van der Waals surface area contributed by atoms with Gasteiger partial charge >= 0.3 is 0 Å². The van der Waals surface area contributed by atoms with E-state index < -0.39 is 0 Å². The molecule has 0 unspecified atom stereocenters. The van der Waals surface area contributed by atoms with Crippen LogP contribution in [-0.4, -0.2) is 10.9 Å². The number of fused-ring (bicyclic) bond motifs is 1. The van der Waals surface area contributed by atoms with Gasteiger partial charge in [0.15, 0.2) is 4.34 Å². The molecule has 3 nitrogen and oxygen atoms in total. The second-order valence-corrected chi connectivity index (χ2v) is 6.41. The highest BCUT2D eigenvalue weighted by molar-refractivity contribution is 8.03. The quantitative estimate of drug-likeness (QED) is 0.674. The molecule has 0 fully saturated rings. The molecule has 5 heteroatoms. The third kappa shape index (κ3) is 2.69. The van der Waals surface area contributed by atoms with Crippen molar-refractivity contribution in [2.24, 2.45) is 0 Å². The van der Waals surface area contributed by atoms with E-state index in [4.69, 9.17) is 0 Å². The molecule has 3 aromatic rings. The zero-order valence-electron chi connectivity index (χ0n) is 10.8. The summed E-state index contributed by atoms with van der Waals surface area (Å²) in [7, 11) is 0. The summed E-state index contributed by atoms with van der Waals surface area (Å²) in [5.41, 5.74) is 1.83. The second-order valence-electron chi connectivity index (χ2n) is 4.19. The van der Waals surface area contributed by atoms with E-state index in [0.717, 1.165) is 20.2 Å². The summed E-state index contributed by atoms with van der Waals surface area (Å²) in [5, 5.41) is 0. The molecule has 0 aliphatic heterocycles. The van der Waals surface area contributed by atoms with Crippen molar-refractivity contribution in [2.75, 3.05) is 4.31 Å². The topological polar surface area (TPSA) is 33.2 Å². The number of nitrogens with zero attached hydrogens (tertiary/aromatic N) is 2. The fourth-order valence-electron chi connectivity index (χ4n) is 1.83. The van der Waals surface area contributed by atoms with Gasteiger partial charge in [0, 0.05) is 18.9 Å². The van der Waals surface area contributed by atoms with Crippen molar-refractivity contribution in [1.82, 2.24) is 4.98 Å². The molecule has 3 rings (SSSR count). The van der Waals surface area contributed by atoms with Gasteiger partial charge in [-0.25, -0.2) is 9.29 Å². The highest BCUT2D eigenvalue weighted by Crippen LogP contribution is 2.34. The van der Waals surface area contributed by atoms with Gasteiger partial charge in [0.25, 0.3) is 0 Å². The first-order chi connectivity index (χ1) is 9.74. The van der Waals surface area contributed by atoms with Crippen LogP contribution in [0.2, 0.25) is 0 Å². The zero-order chi connectivity index (χ0) is 13.9. The molecule has 0 atom stereocenters. The van der Waals surface area contributed by atoms with Crippen LogP contribution >= 0.6 is 23.3 Å². The molecule has 0 bridgehead atoms. The molecule has 0 aliphatic rings. The third-order valence-electron chi connectivity index (χ3n) is 2.72. The van der Waals surface area contributed by atoms with Gasteiger partial charge in [-0.1, -0.05) is 30.3 Å². The zero-order valence-corrected chi connectivity index (χ0v) is 12.4. The summed E-state index contributed by atoms with van der Waals surface area (Å²) in [4.78, 5) is 16.4. The Balaban J connectivity index is 1.92. The number of para-hydroxylation sites is 2. The largest absolute Gasteiger partial charge is 0.274 e. The molecule has 20 heavy (non-hydrogen) atoms. The third-order valence-corrected chi connectivity index (χ3v) is 4.92. The number of carbonyl (C=O) groups excluding carboxylic acids is 1. The molecule has 100 valence electrons. The highest BCUT2D eigenvalue weighted by atomic mass is 32.2. The maximum Gasteiger partial charge on any atom is 0.234 e. The Labute approximate surface area is 125 Å². The van der Waals surface area contributed by atoms with Crippen molar-refractivity contribution in [3.8, 4) is 0 Å². The minimum Gasteiger partial charge on any atom is -0.274 e. The standard InChI is InChI=1S/C15H12N2OS2/c1-11(18)17(12-7-3-2-4-8-12)20-15-16-13-9-5-6-10-14(13)19-15/h2-10H,1H3. The van der Waals surface area contributed by atoms with Crippen molar-refractivity contribution in [3.05, 3.63) is 54.6 Å². The molecule has 1 amide bonds. The lowest BCUT2D eigenvalue weighted by Crippen LogP contribution is -2.19. The van der Waals surface area contributed by atoms with Gasteiger partial charge in [0.2, 0.25) is 5.91 Å². The molecule has 1 heterocycles. The Kier molecular flexibility index (Phi) is 3.71. The molecule has 0 N–H and O–H groups in total. The molecule has 0 aliphatic carbocycles. The molecule has 0 saturated carbocycles. The van der Waals surface area contributed by atoms with Crippen LogP contribution in [0.15, 0.2) is 58.9 Å². The summed E-state index contributed by atoms with van der Waals surface area (Å²) in [6.07, 6.45) is 0. The van der Waals surface area contributed by atoms with Crippen LogP contribution in [-0.2, 0) is 4.79 Å². The molecule has 0 saturated heterocycles. The predicted octanol–water partition coefficient (Wildman–Crippen LogP) is 4.36. The first kappa shape index (κ1) is 13.1. The van der Waals surface area contributed by atoms with Crippen molar-refractivity contribution in [3.63, 3.8) is 0 Å². The van der Waals surface area contributed by atoms with Crippen LogP contribution < -0.4 is 4.31 Å². The molecule has 0 spiro atoms. The van der Waals surface area contributed by atoms with Gasteiger partial charge in [0.1, 0.15) is 0 Å². The van der Waals surface area contributed by atoms with E-state index in [1.807, 2.05) is 54.6 Å². The van der Waals surface area contributed by atoms with Crippen molar-refractivity contribution >= 4 is 45.1 Å². The Bertz CT molecular complexity index is 707. The van der Waals surface area contributed by atoms with Crippen LogP contribution in [0, 0.1) is 0 Å². The molecule has 0 radical (unpaired) electrons.